The standard InChI is InChI=1S/C18H22N2O5.C15H6Cl6O4.C15H22N2O3.C13H14N2O3.C10H14N2O.C2HF3O2.3CH4/c1-18(2,3)25-17(23)20-8-6-19(7-9-20)12-4-5-13-14(21)11-16(22)24-15(13)10-12;16-6-1-8(18)14(9(19)2-6)24-12(22)5-13(23)25-15-10(20)3-7(17)4-11(15)21;1-15(2,3)20-14(19)17-9-7-16(8-10-17)12-5-4-6-13(18)11-12;16-11-8-13(17)18-12-7-9(1-2-10(11)12)15-5-3-14-4-6-15;13-10-3-1-2-9(8-10)12-6-4-11-5-7-12;3-2(4,5)1(6)7;;;/h4-5,10-11,21H,6-9H2,1-3H3;1-4H,5H2;4-6,11,18H,7-10H2,1-3H3;1-2,7-8,14,16H,3-6H2;1-3,8,11,13H,4-7H2;(H,6,7);3*1H4. The number of quaternary nitrogens is 1. The molecule has 0 bridgehead atoms. The monoisotopic (exact) mass is 1670 g/mol. The lowest BCUT2D eigenvalue weighted by molar-refractivity contribution is -0.655. The van der Waals surface area contributed by atoms with Crippen molar-refractivity contribution in [1.29, 1.82) is 0 Å². The summed E-state index contributed by atoms with van der Waals surface area (Å²) in [5, 5.41) is 54.3. The number of rotatable bonds is 8. The van der Waals surface area contributed by atoms with E-state index in [1.165, 1.54) is 24.3 Å². The number of esters is 2. The Morgan fingerprint density at radius 3 is 1.13 bits per heavy atom. The number of aliphatic carboxylic acids is 1. The normalized spacial score (nSPS) is 14.1. The fourth-order valence-corrected chi connectivity index (χ4v) is 12.4. The molecule has 6 heterocycles. The summed E-state index contributed by atoms with van der Waals surface area (Å²) in [6.45, 7) is 24.5. The number of alkyl halides is 3. The maximum atomic E-state index is 12.1. The minimum Gasteiger partial charge on any atom is -0.542 e. The number of hydrogen-bond acceptors (Lipinski definition) is 23. The van der Waals surface area contributed by atoms with Crippen LogP contribution in [0.1, 0.15) is 70.2 Å². The molecule has 4 aliphatic rings. The van der Waals surface area contributed by atoms with Gasteiger partial charge in [0.2, 0.25) is 0 Å². The predicted molar refractivity (Wildman–Crippen MR) is 424 cm³/mol. The number of nitrogens with zero attached hydrogens (tertiary/aromatic N) is 6. The fraction of sp³-hybridized carbons (Fsp3) is 0.382. The minimum atomic E-state index is -5.19. The van der Waals surface area contributed by atoms with Crippen molar-refractivity contribution >= 4 is 144 Å². The molecule has 7 N–H and O–H groups in total. The molecule has 0 spiro atoms. The molecule has 12 rings (SSSR count). The highest BCUT2D eigenvalue weighted by molar-refractivity contribution is 6.41. The molecule has 35 heteroatoms. The average Bonchev–Trinajstić information content (AvgIpc) is 0.806. The molecule has 4 saturated heterocycles. The molecule has 0 unspecified atom stereocenters. The Kier molecular flexibility index (Phi) is 36.2. The van der Waals surface area contributed by atoms with Crippen LogP contribution in [0.2, 0.25) is 30.1 Å². The summed E-state index contributed by atoms with van der Waals surface area (Å²) in [6.07, 6.45) is -6.49. The molecule has 2 amide bonds. The molecule has 0 aliphatic carbocycles. The van der Waals surface area contributed by atoms with E-state index >= 15 is 0 Å². The molecule has 8 aromatic rings. The zero-order valence-corrected chi connectivity index (χ0v) is 63.8. The van der Waals surface area contributed by atoms with Gasteiger partial charge >= 0.3 is 41.6 Å². The number of carboxylic acids is 1. The highest BCUT2D eigenvalue weighted by atomic mass is 35.5. The van der Waals surface area contributed by atoms with Crippen LogP contribution in [0.3, 0.4) is 0 Å². The van der Waals surface area contributed by atoms with Gasteiger partial charge < -0.3 is 98.1 Å². The van der Waals surface area contributed by atoms with Crippen LogP contribution in [0.25, 0.3) is 21.9 Å². The van der Waals surface area contributed by atoms with Crippen molar-refractivity contribution in [2.24, 2.45) is 0 Å². The van der Waals surface area contributed by atoms with Gasteiger partial charge in [-0.1, -0.05) is 104 Å². The van der Waals surface area contributed by atoms with Gasteiger partial charge in [-0.2, -0.15) is 13.2 Å². The minimum absolute atomic E-state index is 0. The van der Waals surface area contributed by atoms with Crippen molar-refractivity contribution in [3.63, 3.8) is 0 Å². The van der Waals surface area contributed by atoms with E-state index < -0.39 is 53.0 Å². The molecule has 0 atom stereocenters. The summed E-state index contributed by atoms with van der Waals surface area (Å²) in [7, 11) is 0. The first-order chi connectivity index (χ1) is 50.8. The zero-order chi connectivity index (χ0) is 79.4. The number of ether oxygens (including phenoxy) is 4. The largest absolute Gasteiger partial charge is 0.542 e. The first-order valence-electron chi connectivity index (χ1n) is 33.4. The Morgan fingerprint density at radius 2 is 0.802 bits per heavy atom. The number of amides is 2. The topological polar surface area (TPSA) is 335 Å². The Morgan fingerprint density at radius 1 is 0.477 bits per heavy atom. The lowest BCUT2D eigenvalue weighted by atomic mass is 10.1. The third-order valence-electron chi connectivity index (χ3n) is 15.6. The number of piperazine rings is 4. The maximum absolute atomic E-state index is 12.1. The first kappa shape index (κ1) is 93.9. The quantitative estimate of drug-likeness (QED) is 0.0356. The second-order valence-corrected chi connectivity index (χ2v) is 28.6. The van der Waals surface area contributed by atoms with Crippen molar-refractivity contribution < 1.29 is 95.8 Å². The van der Waals surface area contributed by atoms with Crippen LogP contribution >= 0.6 is 69.6 Å². The summed E-state index contributed by atoms with van der Waals surface area (Å²) < 4.78 is 62.5. The number of nitrogens with two attached hydrogens (primary N) is 1. The molecular formula is C76H91Cl6F3N8O18. The van der Waals surface area contributed by atoms with E-state index in [4.69, 9.17) is 107 Å². The molecular weight excluding hydrogens is 1580 g/mol. The van der Waals surface area contributed by atoms with E-state index in [0.717, 1.165) is 100 Å². The number of phenolic OH excluding ortho intramolecular Hbond substituents is 2. The second kappa shape index (κ2) is 42.8. The average molecular weight is 1670 g/mol. The van der Waals surface area contributed by atoms with Crippen molar-refractivity contribution in [2.75, 3.05) is 124 Å². The third-order valence-corrected chi connectivity index (χ3v) is 17.2. The zero-order valence-electron chi connectivity index (χ0n) is 59.2. The summed E-state index contributed by atoms with van der Waals surface area (Å²) in [5.41, 5.74) is 2.71. The van der Waals surface area contributed by atoms with Gasteiger partial charge in [-0.15, -0.1) is 0 Å². The van der Waals surface area contributed by atoms with Crippen molar-refractivity contribution in [3.05, 3.63) is 172 Å². The molecule has 4 fully saturated rings. The Hall–Kier alpha value is -9.46. The van der Waals surface area contributed by atoms with Crippen molar-refractivity contribution in [1.82, 2.24) is 15.1 Å². The number of hydrogen-bond donors (Lipinski definition) is 6. The summed E-state index contributed by atoms with van der Waals surface area (Å²) >= 11 is 35.1. The number of halogens is 9. The van der Waals surface area contributed by atoms with Crippen LogP contribution in [0.5, 0.6) is 34.5 Å². The number of aromatic hydroxyl groups is 4. The number of phenols is 2. The van der Waals surface area contributed by atoms with Gasteiger partial charge in [0.1, 0.15) is 57.8 Å². The van der Waals surface area contributed by atoms with Crippen molar-refractivity contribution in [2.45, 2.75) is 87.6 Å². The SMILES string of the molecule is C.C.C.CC(C)(C)OC(=O)N1CCN(c2ccc3c(O)cc(=O)oc3c2)CC1.CC(C)(C)OC(=O)N1CCN(c2cccc(O)c2)CC1.O=C(CC(=O)Oc1c(Cl)cc(Cl)cc1Cl)Oc1c(Cl)cc(Cl)cc1Cl.O=C([O-])C(F)(F)F.O=c1cc(O)c2ccc(N3CC[NH2+]CC3)cc2o1.Oc1cccc(N2CCNCC2)c1. The summed E-state index contributed by atoms with van der Waals surface area (Å²) in [5.74, 6) is -4.65. The molecule has 606 valence electrons. The van der Waals surface area contributed by atoms with Gasteiger partial charge in [0.15, 0.2) is 11.5 Å². The van der Waals surface area contributed by atoms with Gasteiger partial charge in [-0.3, -0.25) is 9.59 Å². The Labute approximate surface area is 670 Å². The Balaban J connectivity index is 0.000000288. The smallest absolute Gasteiger partial charge is 0.430 e. The van der Waals surface area contributed by atoms with E-state index in [2.05, 4.69) is 30.2 Å². The number of anilines is 4. The third kappa shape index (κ3) is 30.0. The van der Waals surface area contributed by atoms with Crippen molar-refractivity contribution in [3.8, 4) is 34.5 Å². The van der Waals surface area contributed by atoms with Crippen LogP contribution in [0.15, 0.2) is 140 Å². The number of benzene rings is 6. The van der Waals surface area contributed by atoms with Gasteiger partial charge in [-0.25, -0.2) is 19.2 Å². The van der Waals surface area contributed by atoms with Gasteiger partial charge in [0, 0.05) is 136 Å². The van der Waals surface area contributed by atoms with E-state index in [1.54, 1.807) is 46.2 Å². The Bertz CT molecular complexity index is 4460. The summed E-state index contributed by atoms with van der Waals surface area (Å²) in [6, 6.07) is 33.0. The lowest BCUT2D eigenvalue weighted by Gasteiger charge is -2.36. The maximum Gasteiger partial charge on any atom is 0.430 e. The number of fused-ring (bicyclic) bond motifs is 2. The molecule has 111 heavy (non-hydrogen) atoms. The second-order valence-electron chi connectivity index (χ2n) is 26.1. The molecule has 0 saturated carbocycles. The van der Waals surface area contributed by atoms with Gasteiger partial charge in [0.05, 0.1) is 69.2 Å². The first-order valence-corrected chi connectivity index (χ1v) is 35.6. The molecule has 26 nitrogen and oxygen atoms in total. The summed E-state index contributed by atoms with van der Waals surface area (Å²) in [4.78, 5) is 91.5. The molecule has 0 radical (unpaired) electrons. The van der Waals surface area contributed by atoms with E-state index in [1.807, 2.05) is 90.1 Å². The van der Waals surface area contributed by atoms with Crippen LogP contribution in [-0.4, -0.2) is 182 Å². The number of carbonyl (C=O) groups is 5. The highest BCUT2D eigenvalue weighted by Gasteiger charge is 2.30. The van der Waals surface area contributed by atoms with Crippen LogP contribution < -0.4 is 56.1 Å². The predicted octanol–water partition coefficient (Wildman–Crippen LogP) is 13.4. The molecule has 2 aromatic heterocycles. The van der Waals surface area contributed by atoms with Crippen LogP contribution in [0, 0.1) is 0 Å². The van der Waals surface area contributed by atoms with Gasteiger partial charge in [0.25, 0.3) is 0 Å². The number of carboxylic acid groups (broad SMARTS) is 1. The molecule has 4 aliphatic heterocycles. The van der Waals surface area contributed by atoms with E-state index in [-0.39, 0.29) is 93.3 Å². The van der Waals surface area contributed by atoms with E-state index in [9.17, 15) is 62.4 Å². The highest BCUT2D eigenvalue weighted by Crippen LogP contribution is 2.38. The van der Waals surface area contributed by atoms with Crippen LogP contribution in [-0.2, 0) is 23.9 Å². The number of carbonyl (C=O) groups excluding carboxylic acids is 5. The van der Waals surface area contributed by atoms with Crippen LogP contribution in [0.4, 0.5) is 45.5 Å². The fourth-order valence-electron chi connectivity index (χ4n) is 10.6. The lowest BCUT2D eigenvalue weighted by Crippen LogP contribution is -2.89. The van der Waals surface area contributed by atoms with E-state index in [0.29, 0.717) is 67.0 Å². The number of nitrogens with one attached hydrogen (secondary N) is 1. The molecule has 6 aromatic carbocycles. The van der Waals surface area contributed by atoms with Gasteiger partial charge in [-0.05, 0) is 114 Å².